The molecule has 0 aliphatic rings. The number of H-pyrrole nitrogens is 1. The van der Waals surface area contributed by atoms with Gasteiger partial charge < -0.3 is 31.6 Å². The smallest absolute Gasteiger partial charge is 0.359 e. The standard InChI is InChI=1S/C13H13FN6O4.C9H8ClFN2O3/c1-24-12(23)9-7(14)2-5(4-17-9)18-8(21)3-6-10(15)19-13(16)20-11(6)22;1-16-9(15)8-6(11)2-5(4-12-8)13-7(14)3-10/h2,4H,3H2,1H3,(H,18,21)(H5,15,16,19,20,22);2,4H,3H2,1H3,(H,13,14). The van der Waals surface area contributed by atoms with Gasteiger partial charge in [0.1, 0.15) is 11.7 Å². The Labute approximate surface area is 228 Å². The molecule has 7 N–H and O–H groups in total. The van der Waals surface area contributed by atoms with Gasteiger partial charge in [-0.3, -0.25) is 19.4 Å². The quantitative estimate of drug-likeness (QED) is 0.190. The topological polar surface area (TPSA) is 234 Å². The number of esters is 2. The van der Waals surface area contributed by atoms with E-state index in [-0.39, 0.29) is 34.6 Å². The zero-order valence-corrected chi connectivity index (χ0v) is 21.5. The predicted molar refractivity (Wildman–Crippen MR) is 136 cm³/mol. The molecule has 0 atom stereocenters. The molecule has 18 heteroatoms. The summed E-state index contributed by atoms with van der Waals surface area (Å²) in [5.41, 5.74) is 9.28. The Hall–Kier alpha value is -5.19. The van der Waals surface area contributed by atoms with Crippen molar-refractivity contribution in [3.8, 4) is 0 Å². The van der Waals surface area contributed by atoms with Gasteiger partial charge in [-0.05, 0) is 0 Å². The van der Waals surface area contributed by atoms with E-state index in [0.29, 0.717) is 0 Å². The van der Waals surface area contributed by atoms with Crippen molar-refractivity contribution in [3.05, 3.63) is 63.5 Å². The van der Waals surface area contributed by atoms with Crippen molar-refractivity contribution in [2.75, 3.05) is 42.2 Å². The highest BCUT2D eigenvalue weighted by Gasteiger charge is 2.17. The van der Waals surface area contributed by atoms with Crippen LogP contribution in [-0.2, 0) is 25.5 Å². The maximum absolute atomic E-state index is 13.7. The molecule has 0 radical (unpaired) electrons. The number of hydrogen-bond donors (Lipinski definition) is 5. The van der Waals surface area contributed by atoms with Gasteiger partial charge in [-0.1, -0.05) is 0 Å². The van der Waals surface area contributed by atoms with E-state index in [9.17, 15) is 32.8 Å². The fourth-order valence-electron chi connectivity index (χ4n) is 2.77. The van der Waals surface area contributed by atoms with E-state index in [4.69, 9.17) is 23.1 Å². The largest absolute Gasteiger partial charge is 0.464 e. The summed E-state index contributed by atoms with van der Waals surface area (Å²) >= 11 is 5.25. The maximum Gasteiger partial charge on any atom is 0.359 e. The van der Waals surface area contributed by atoms with Crippen molar-refractivity contribution in [1.29, 1.82) is 0 Å². The third kappa shape index (κ3) is 8.42. The second kappa shape index (κ2) is 14.1. The minimum Gasteiger partial charge on any atom is -0.464 e. The first-order valence-corrected chi connectivity index (χ1v) is 11.2. The number of aromatic nitrogens is 4. The van der Waals surface area contributed by atoms with E-state index >= 15 is 0 Å². The van der Waals surface area contributed by atoms with Crippen molar-refractivity contribution in [1.82, 2.24) is 19.9 Å². The van der Waals surface area contributed by atoms with Crippen LogP contribution in [0.5, 0.6) is 0 Å². The number of pyridine rings is 2. The lowest BCUT2D eigenvalue weighted by molar-refractivity contribution is -0.115. The number of anilines is 4. The first kappa shape index (κ1) is 31.0. The lowest BCUT2D eigenvalue weighted by Gasteiger charge is -2.07. The number of ether oxygens (including phenoxy) is 2. The average Bonchev–Trinajstić information content (AvgIpc) is 2.90. The van der Waals surface area contributed by atoms with Crippen LogP contribution in [-0.4, -0.2) is 63.8 Å². The fraction of sp³-hybridized carbons (Fsp3) is 0.182. The third-order valence-corrected chi connectivity index (χ3v) is 4.77. The van der Waals surface area contributed by atoms with Crippen LogP contribution in [0, 0.1) is 11.6 Å². The summed E-state index contributed by atoms with van der Waals surface area (Å²) in [6, 6.07) is 1.86. The minimum atomic E-state index is -0.967. The molecule has 2 amide bonds. The molecule has 0 unspecified atom stereocenters. The van der Waals surface area contributed by atoms with Crippen molar-refractivity contribution >= 4 is 58.5 Å². The normalized spacial score (nSPS) is 10.0. The number of nitrogens with one attached hydrogen (secondary N) is 3. The summed E-state index contributed by atoms with van der Waals surface area (Å²) in [6.07, 6.45) is 1.80. The van der Waals surface area contributed by atoms with Crippen molar-refractivity contribution in [2.45, 2.75) is 6.42 Å². The molecular weight excluding hydrogens is 562 g/mol. The Morgan fingerprint density at radius 1 is 0.925 bits per heavy atom. The molecule has 3 aromatic rings. The van der Waals surface area contributed by atoms with Crippen molar-refractivity contribution in [2.24, 2.45) is 0 Å². The second-order valence-corrected chi connectivity index (χ2v) is 7.58. The molecule has 0 bridgehead atoms. The van der Waals surface area contributed by atoms with Gasteiger partial charge in [-0.2, -0.15) is 4.98 Å². The number of nitrogens with two attached hydrogens (primary N) is 2. The number of amides is 2. The molecule has 0 aliphatic heterocycles. The van der Waals surface area contributed by atoms with Gasteiger partial charge in [-0.25, -0.2) is 28.3 Å². The minimum absolute atomic E-state index is 0.0106. The Kier molecular flexibility index (Phi) is 10.9. The molecule has 3 rings (SSSR count). The van der Waals surface area contributed by atoms with E-state index in [0.717, 1.165) is 38.7 Å². The molecule has 0 aromatic carbocycles. The third-order valence-electron chi connectivity index (χ3n) is 4.53. The number of methoxy groups -OCH3 is 2. The summed E-state index contributed by atoms with van der Waals surface area (Å²) in [4.78, 5) is 69.7. The Morgan fingerprint density at radius 2 is 1.40 bits per heavy atom. The summed E-state index contributed by atoms with van der Waals surface area (Å²) in [7, 11) is 2.20. The van der Waals surface area contributed by atoms with E-state index in [1.54, 1.807) is 0 Å². The number of hydrogen-bond acceptors (Lipinski definition) is 12. The predicted octanol–water partition coefficient (Wildman–Crippen LogP) is 0.621. The van der Waals surface area contributed by atoms with Crippen LogP contribution < -0.4 is 27.7 Å². The highest BCUT2D eigenvalue weighted by Crippen LogP contribution is 2.14. The van der Waals surface area contributed by atoms with E-state index in [1.807, 2.05) is 0 Å². The zero-order chi connectivity index (χ0) is 30.0. The highest BCUT2D eigenvalue weighted by molar-refractivity contribution is 6.29. The van der Waals surface area contributed by atoms with E-state index in [1.165, 1.54) is 0 Å². The lowest BCUT2D eigenvalue weighted by Crippen LogP contribution is -2.24. The fourth-order valence-corrected chi connectivity index (χ4v) is 2.84. The van der Waals surface area contributed by atoms with Crippen LogP contribution in [0.25, 0.3) is 0 Å². The lowest BCUT2D eigenvalue weighted by atomic mass is 10.2. The molecular formula is C22H21ClF2N8O7. The number of nitrogens with zero attached hydrogens (tertiary/aromatic N) is 3. The number of rotatable bonds is 7. The van der Waals surface area contributed by atoms with E-state index in [2.05, 4.69) is 40.0 Å². The van der Waals surface area contributed by atoms with E-state index < -0.39 is 58.8 Å². The van der Waals surface area contributed by atoms with Gasteiger partial charge >= 0.3 is 11.9 Å². The molecule has 0 saturated carbocycles. The Balaban J connectivity index is 0.000000305. The SMILES string of the molecule is COC(=O)c1ncc(NC(=O)CCl)cc1F.COC(=O)c1ncc(NC(=O)Cc2c(N)nc(N)[nH]c2=O)cc1F. The van der Waals surface area contributed by atoms with Crippen molar-refractivity contribution in [3.63, 3.8) is 0 Å². The summed E-state index contributed by atoms with van der Waals surface area (Å²) in [5, 5.41) is 4.61. The van der Waals surface area contributed by atoms with Crippen molar-refractivity contribution < 1.29 is 37.4 Å². The van der Waals surface area contributed by atoms with Crippen LogP contribution in [0.15, 0.2) is 29.3 Å². The summed E-state index contributed by atoms with van der Waals surface area (Å²) in [6.45, 7) is 0. The number of nitrogen functional groups attached to an aromatic ring is 2. The Morgan fingerprint density at radius 3 is 1.80 bits per heavy atom. The molecule has 0 spiro atoms. The van der Waals surface area contributed by atoms with Crippen LogP contribution in [0.4, 0.5) is 31.9 Å². The van der Waals surface area contributed by atoms with Crippen LogP contribution in [0.3, 0.4) is 0 Å². The summed E-state index contributed by atoms with van der Waals surface area (Å²) in [5.74, 6) is -5.43. The maximum atomic E-state index is 13.7. The molecule has 212 valence electrons. The van der Waals surface area contributed by atoms with Gasteiger partial charge in [-0.15, -0.1) is 11.6 Å². The second-order valence-electron chi connectivity index (χ2n) is 7.31. The molecule has 3 heterocycles. The molecule has 3 aromatic heterocycles. The summed E-state index contributed by atoms with van der Waals surface area (Å²) < 4.78 is 35.7. The molecule has 0 fully saturated rings. The van der Waals surface area contributed by atoms with Crippen LogP contribution >= 0.6 is 11.6 Å². The number of carbonyl (C=O) groups excluding carboxylic acids is 4. The average molecular weight is 583 g/mol. The number of carbonyl (C=O) groups is 4. The zero-order valence-electron chi connectivity index (χ0n) is 20.7. The van der Waals surface area contributed by atoms with Crippen LogP contribution in [0.2, 0.25) is 0 Å². The monoisotopic (exact) mass is 582 g/mol. The van der Waals surface area contributed by atoms with Gasteiger partial charge in [0.05, 0.1) is 50.0 Å². The first-order chi connectivity index (χ1) is 18.9. The molecule has 0 aliphatic carbocycles. The van der Waals surface area contributed by atoms with Crippen LogP contribution in [0.1, 0.15) is 26.5 Å². The Bertz CT molecular complexity index is 1500. The van der Waals surface area contributed by atoms with Gasteiger partial charge in [0.15, 0.2) is 23.0 Å². The number of halogens is 3. The molecule has 40 heavy (non-hydrogen) atoms. The number of alkyl halides is 1. The van der Waals surface area contributed by atoms with Gasteiger partial charge in [0, 0.05) is 12.1 Å². The van der Waals surface area contributed by atoms with Gasteiger partial charge in [0.2, 0.25) is 17.8 Å². The van der Waals surface area contributed by atoms with Gasteiger partial charge in [0.25, 0.3) is 5.56 Å². The number of aromatic amines is 1. The first-order valence-electron chi connectivity index (χ1n) is 10.7. The molecule has 0 saturated heterocycles. The molecule has 15 nitrogen and oxygen atoms in total. The highest BCUT2D eigenvalue weighted by atomic mass is 35.5.